The first kappa shape index (κ1) is 22.4. The highest BCUT2D eigenvalue weighted by molar-refractivity contribution is 9.10. The van der Waals surface area contributed by atoms with E-state index in [4.69, 9.17) is 4.74 Å². The van der Waals surface area contributed by atoms with Crippen LogP contribution in [0.5, 0.6) is 0 Å². The van der Waals surface area contributed by atoms with Crippen molar-refractivity contribution in [1.82, 2.24) is 10.6 Å². The quantitative estimate of drug-likeness (QED) is 0.461. The molecule has 1 aromatic rings. The predicted octanol–water partition coefficient (Wildman–Crippen LogP) is 3.31. The Morgan fingerprint density at radius 1 is 1.31 bits per heavy atom. The maximum Gasteiger partial charge on any atom is 0.226 e. The Bertz CT molecular complexity index is 626. The Kier molecular flexibility index (Phi) is 9.08. The van der Waals surface area contributed by atoms with Crippen LogP contribution >= 0.6 is 15.9 Å². The number of hydrogen-bond donors (Lipinski definition) is 3. The first-order chi connectivity index (χ1) is 12.2. The van der Waals surface area contributed by atoms with Gasteiger partial charge < -0.3 is 20.7 Å². The molecule has 0 bridgehead atoms. The Hall–Kier alpha value is -1.60. The molecule has 0 radical (unpaired) electrons. The van der Waals surface area contributed by atoms with Crippen molar-refractivity contribution in [3.63, 3.8) is 0 Å². The number of anilines is 1. The minimum absolute atomic E-state index is 0.0301. The average Bonchev–Trinajstić information content (AvgIpc) is 2.55. The van der Waals surface area contributed by atoms with E-state index >= 15 is 0 Å². The molecule has 7 heteroatoms. The highest BCUT2D eigenvalue weighted by atomic mass is 79.9. The van der Waals surface area contributed by atoms with Gasteiger partial charge in [-0.1, -0.05) is 42.8 Å². The Labute approximate surface area is 165 Å². The van der Waals surface area contributed by atoms with E-state index in [1.54, 1.807) is 14.2 Å². The summed E-state index contributed by atoms with van der Waals surface area (Å²) < 4.78 is 6.46. The van der Waals surface area contributed by atoms with Crippen molar-refractivity contribution >= 4 is 33.5 Å². The van der Waals surface area contributed by atoms with Crippen LogP contribution in [0.4, 0.5) is 5.69 Å². The molecular weight excluding hydrogens is 396 g/mol. The van der Waals surface area contributed by atoms with Crippen LogP contribution in [0.3, 0.4) is 0 Å². The van der Waals surface area contributed by atoms with Crippen molar-refractivity contribution in [3.05, 3.63) is 28.2 Å². The number of hydrogen-bond acceptors (Lipinski definition) is 3. The number of carbonyl (C=O) groups excluding carboxylic acids is 1. The van der Waals surface area contributed by atoms with E-state index in [1.807, 2.05) is 25.1 Å². The van der Waals surface area contributed by atoms with Crippen LogP contribution in [0, 0.1) is 12.3 Å². The van der Waals surface area contributed by atoms with Crippen LogP contribution in [0.25, 0.3) is 0 Å². The minimum atomic E-state index is -0.0430. The van der Waals surface area contributed by atoms with Crippen LogP contribution in [0.15, 0.2) is 27.7 Å². The van der Waals surface area contributed by atoms with Crippen LogP contribution in [-0.4, -0.2) is 45.2 Å². The molecule has 0 heterocycles. The van der Waals surface area contributed by atoms with E-state index in [0.717, 1.165) is 15.7 Å². The zero-order valence-electron chi connectivity index (χ0n) is 16.6. The molecule has 146 valence electrons. The standard InChI is InChI=1S/C19H31BrN4O2/c1-13-7-8-14(20)11-15(13)24-17(25)9-10-22-18(21-5)23-12-16(26-6)19(2,3)4/h7-8,11,16H,9-10,12H2,1-6H3,(H,24,25)(H2,21,22,23). The topological polar surface area (TPSA) is 74.8 Å². The molecule has 1 rings (SSSR count). The highest BCUT2D eigenvalue weighted by Gasteiger charge is 2.24. The molecule has 1 atom stereocenters. The van der Waals surface area contributed by atoms with E-state index in [9.17, 15) is 4.79 Å². The lowest BCUT2D eigenvalue weighted by molar-refractivity contribution is -0.116. The van der Waals surface area contributed by atoms with Crippen LogP contribution in [-0.2, 0) is 9.53 Å². The lowest BCUT2D eigenvalue weighted by Crippen LogP contribution is -2.45. The van der Waals surface area contributed by atoms with E-state index in [-0.39, 0.29) is 17.4 Å². The predicted molar refractivity (Wildman–Crippen MR) is 112 cm³/mol. The molecule has 1 amide bonds. The van der Waals surface area contributed by atoms with Gasteiger partial charge in [0, 0.05) is 43.8 Å². The number of guanidine groups is 1. The first-order valence-corrected chi connectivity index (χ1v) is 9.50. The van der Waals surface area contributed by atoms with E-state index in [2.05, 4.69) is 57.6 Å². The van der Waals surface area contributed by atoms with Crippen molar-refractivity contribution in [3.8, 4) is 0 Å². The van der Waals surface area contributed by atoms with E-state index in [1.165, 1.54) is 0 Å². The van der Waals surface area contributed by atoms with Crippen molar-refractivity contribution in [2.24, 2.45) is 10.4 Å². The molecule has 0 saturated carbocycles. The average molecular weight is 427 g/mol. The Balaban J connectivity index is 2.42. The third kappa shape index (κ3) is 7.74. The fraction of sp³-hybridized carbons (Fsp3) is 0.579. The molecule has 1 aromatic carbocycles. The van der Waals surface area contributed by atoms with Crippen LogP contribution in [0.1, 0.15) is 32.8 Å². The molecule has 0 aliphatic heterocycles. The number of benzene rings is 1. The van der Waals surface area contributed by atoms with Gasteiger partial charge in [-0.3, -0.25) is 9.79 Å². The summed E-state index contributed by atoms with van der Waals surface area (Å²) in [4.78, 5) is 16.3. The van der Waals surface area contributed by atoms with E-state index < -0.39 is 0 Å². The summed E-state index contributed by atoms with van der Waals surface area (Å²) in [5.41, 5.74) is 1.88. The van der Waals surface area contributed by atoms with Gasteiger partial charge in [0.05, 0.1) is 6.10 Å². The maximum atomic E-state index is 12.1. The molecular formula is C19H31BrN4O2. The Morgan fingerprint density at radius 2 is 2.00 bits per heavy atom. The summed E-state index contributed by atoms with van der Waals surface area (Å²) in [6, 6.07) is 5.82. The Morgan fingerprint density at radius 3 is 2.58 bits per heavy atom. The van der Waals surface area contributed by atoms with Crippen molar-refractivity contribution in [2.45, 2.75) is 40.2 Å². The number of methoxy groups -OCH3 is 1. The summed E-state index contributed by atoms with van der Waals surface area (Å²) in [5, 5.41) is 9.33. The van der Waals surface area contributed by atoms with E-state index in [0.29, 0.717) is 25.5 Å². The van der Waals surface area contributed by atoms with Gasteiger partial charge in [0.25, 0.3) is 0 Å². The lowest BCUT2D eigenvalue weighted by atomic mass is 9.89. The fourth-order valence-electron chi connectivity index (χ4n) is 2.39. The zero-order chi connectivity index (χ0) is 19.7. The summed E-state index contributed by atoms with van der Waals surface area (Å²) in [7, 11) is 3.42. The molecule has 0 saturated heterocycles. The number of amides is 1. The minimum Gasteiger partial charge on any atom is -0.379 e. The summed E-state index contributed by atoms with van der Waals surface area (Å²) in [6.07, 6.45) is 0.406. The molecule has 1 unspecified atom stereocenters. The zero-order valence-corrected chi connectivity index (χ0v) is 18.2. The molecule has 0 aliphatic rings. The molecule has 26 heavy (non-hydrogen) atoms. The second kappa shape index (κ2) is 10.5. The van der Waals surface area contributed by atoms with Gasteiger partial charge in [-0.15, -0.1) is 0 Å². The smallest absolute Gasteiger partial charge is 0.226 e. The number of nitrogens with zero attached hydrogens (tertiary/aromatic N) is 1. The van der Waals surface area contributed by atoms with Crippen LogP contribution < -0.4 is 16.0 Å². The molecule has 6 nitrogen and oxygen atoms in total. The number of halogens is 1. The van der Waals surface area contributed by atoms with Gasteiger partial charge in [0.1, 0.15) is 0 Å². The van der Waals surface area contributed by atoms with Gasteiger partial charge in [-0.05, 0) is 30.0 Å². The molecule has 0 aromatic heterocycles. The summed E-state index contributed by atoms with van der Waals surface area (Å²) in [5.74, 6) is 0.612. The molecule has 3 N–H and O–H groups in total. The highest BCUT2D eigenvalue weighted by Crippen LogP contribution is 2.21. The third-order valence-electron chi connectivity index (χ3n) is 4.05. The number of carbonyl (C=O) groups is 1. The van der Waals surface area contributed by atoms with Crippen molar-refractivity contribution < 1.29 is 9.53 Å². The number of ether oxygens (including phenoxy) is 1. The normalized spacial score (nSPS) is 13.3. The molecule has 0 fully saturated rings. The number of rotatable bonds is 7. The van der Waals surface area contributed by atoms with Crippen LogP contribution in [0.2, 0.25) is 0 Å². The number of aliphatic imine (C=N–C) groups is 1. The maximum absolute atomic E-state index is 12.1. The second-order valence-corrected chi connectivity index (χ2v) is 8.14. The number of aryl methyl sites for hydroxylation is 1. The van der Waals surface area contributed by atoms with Crippen molar-refractivity contribution in [1.29, 1.82) is 0 Å². The second-order valence-electron chi connectivity index (χ2n) is 7.23. The number of nitrogens with one attached hydrogen (secondary N) is 3. The third-order valence-corrected chi connectivity index (χ3v) is 4.54. The van der Waals surface area contributed by atoms with Crippen molar-refractivity contribution in [2.75, 3.05) is 32.6 Å². The largest absolute Gasteiger partial charge is 0.379 e. The van der Waals surface area contributed by atoms with Gasteiger partial charge in [0.15, 0.2) is 5.96 Å². The first-order valence-electron chi connectivity index (χ1n) is 8.70. The SMILES string of the molecule is CN=C(NCCC(=O)Nc1cc(Br)ccc1C)NCC(OC)C(C)(C)C. The van der Waals surface area contributed by atoms with Gasteiger partial charge in [0.2, 0.25) is 5.91 Å². The van der Waals surface area contributed by atoms with Gasteiger partial charge >= 0.3 is 0 Å². The van der Waals surface area contributed by atoms with Gasteiger partial charge in [-0.2, -0.15) is 0 Å². The molecule has 0 spiro atoms. The molecule has 0 aliphatic carbocycles. The summed E-state index contributed by atoms with van der Waals surface area (Å²) in [6.45, 7) is 9.50. The summed E-state index contributed by atoms with van der Waals surface area (Å²) >= 11 is 3.42. The lowest BCUT2D eigenvalue weighted by Gasteiger charge is -2.30. The van der Waals surface area contributed by atoms with Gasteiger partial charge in [-0.25, -0.2) is 0 Å². The fourth-order valence-corrected chi connectivity index (χ4v) is 2.75. The monoisotopic (exact) mass is 426 g/mol.